The second-order valence-corrected chi connectivity index (χ2v) is 3.40. The lowest BCUT2D eigenvalue weighted by Crippen LogP contribution is -2.13. The van der Waals surface area contributed by atoms with Crippen molar-refractivity contribution in [2.24, 2.45) is 0 Å². The minimum atomic E-state index is -1.31. The van der Waals surface area contributed by atoms with Gasteiger partial charge in [0.15, 0.2) is 0 Å². The fourth-order valence-corrected chi connectivity index (χ4v) is 1.30. The lowest BCUT2D eigenvalue weighted by Gasteiger charge is -2.05. The Labute approximate surface area is 97.0 Å². The maximum Gasteiger partial charge on any atom is 0.334 e. The highest BCUT2D eigenvalue weighted by Gasteiger charge is 2.17. The molecule has 0 aliphatic rings. The van der Waals surface area contributed by atoms with Crippen LogP contribution in [0.4, 0.5) is 5.69 Å². The summed E-state index contributed by atoms with van der Waals surface area (Å²) < 4.78 is 0. The average Bonchev–Trinajstić information content (AvgIpc) is 2.25. The molecule has 2 N–H and O–H groups in total. The van der Waals surface area contributed by atoms with E-state index >= 15 is 0 Å². The molecule has 0 heterocycles. The number of aliphatic hydroxyl groups is 1. The van der Waals surface area contributed by atoms with Crippen LogP contribution in [-0.2, 0) is 4.79 Å². The molecule has 0 radical (unpaired) electrons. The maximum absolute atomic E-state index is 10.8. The molecule has 1 aromatic carbocycles. The molecule has 0 saturated carbocycles. The molecule has 0 spiro atoms. The zero-order valence-corrected chi connectivity index (χ0v) is 9.03. The van der Waals surface area contributed by atoms with Gasteiger partial charge < -0.3 is 10.2 Å². The Morgan fingerprint density at radius 1 is 1.47 bits per heavy atom. The predicted octanol–water partition coefficient (Wildman–Crippen LogP) is 1.44. The van der Waals surface area contributed by atoms with Crippen molar-refractivity contribution >= 4 is 17.7 Å². The van der Waals surface area contributed by atoms with E-state index in [0.717, 1.165) is 6.08 Å². The number of carboxylic acid groups (broad SMARTS) is 1. The minimum Gasteiger partial charge on any atom is -0.478 e. The molecule has 6 nitrogen and oxygen atoms in total. The molecule has 0 saturated heterocycles. The number of para-hydroxylation sites is 1. The first-order valence-corrected chi connectivity index (χ1v) is 4.80. The van der Waals surface area contributed by atoms with Crippen LogP contribution in [-0.4, -0.2) is 27.2 Å². The van der Waals surface area contributed by atoms with Crippen molar-refractivity contribution in [1.29, 1.82) is 0 Å². The summed E-state index contributed by atoms with van der Waals surface area (Å²) in [4.78, 5) is 20.9. The van der Waals surface area contributed by atoms with Gasteiger partial charge >= 0.3 is 5.97 Å². The van der Waals surface area contributed by atoms with Gasteiger partial charge in [0.1, 0.15) is 0 Å². The van der Waals surface area contributed by atoms with Gasteiger partial charge in [-0.05, 0) is 19.1 Å². The van der Waals surface area contributed by atoms with Gasteiger partial charge in [-0.3, -0.25) is 10.1 Å². The summed E-state index contributed by atoms with van der Waals surface area (Å²) in [6.07, 6.45) is -0.0992. The van der Waals surface area contributed by atoms with Gasteiger partial charge in [0.25, 0.3) is 5.69 Å². The fourth-order valence-electron chi connectivity index (χ4n) is 1.30. The molecule has 0 aliphatic carbocycles. The van der Waals surface area contributed by atoms with Gasteiger partial charge in [0.2, 0.25) is 0 Å². The molecular formula is C11H11NO5. The largest absolute Gasteiger partial charge is 0.478 e. The molecule has 6 heteroatoms. The Balaban J connectivity index is 3.29. The van der Waals surface area contributed by atoms with Crippen molar-refractivity contribution in [3.05, 3.63) is 45.5 Å². The Hall–Kier alpha value is -2.21. The second-order valence-electron chi connectivity index (χ2n) is 3.40. The maximum atomic E-state index is 10.8. The first-order valence-electron chi connectivity index (χ1n) is 4.80. The van der Waals surface area contributed by atoms with Crippen molar-refractivity contribution in [2.45, 2.75) is 13.0 Å². The highest BCUT2D eigenvalue weighted by Crippen LogP contribution is 2.21. The molecule has 1 rings (SSSR count). The Morgan fingerprint density at radius 3 is 2.53 bits per heavy atom. The number of nitro groups is 1. The van der Waals surface area contributed by atoms with Crippen LogP contribution in [0.2, 0.25) is 0 Å². The molecule has 1 atom stereocenters. The van der Waals surface area contributed by atoms with Crippen LogP contribution in [0.1, 0.15) is 12.5 Å². The second kappa shape index (κ2) is 5.22. The van der Waals surface area contributed by atoms with Crippen molar-refractivity contribution in [3.8, 4) is 0 Å². The van der Waals surface area contributed by atoms with Crippen molar-refractivity contribution in [2.75, 3.05) is 0 Å². The predicted molar refractivity (Wildman–Crippen MR) is 60.4 cm³/mol. The smallest absolute Gasteiger partial charge is 0.334 e. The van der Waals surface area contributed by atoms with E-state index in [0.29, 0.717) is 0 Å². The first kappa shape index (κ1) is 12.9. The highest BCUT2D eigenvalue weighted by atomic mass is 16.6. The van der Waals surface area contributed by atoms with Crippen molar-refractivity contribution in [3.63, 3.8) is 0 Å². The summed E-state index contributed by atoms with van der Waals surface area (Å²) in [5.74, 6) is -1.31. The molecule has 17 heavy (non-hydrogen) atoms. The number of nitrogens with zero attached hydrogens (tertiary/aromatic N) is 1. The summed E-state index contributed by atoms with van der Waals surface area (Å²) in [7, 11) is 0. The van der Waals surface area contributed by atoms with Crippen LogP contribution in [0.5, 0.6) is 0 Å². The Morgan fingerprint density at radius 2 is 2.06 bits per heavy atom. The zero-order chi connectivity index (χ0) is 13.0. The van der Waals surface area contributed by atoms with E-state index in [1.165, 1.54) is 25.1 Å². The standard InChI is InChI=1S/C11H11NO5/c1-7(13)9(11(14)15)6-8-4-2-3-5-10(8)12(16)17/h2-7,13H,1H3,(H,14,15). The number of benzene rings is 1. The molecular weight excluding hydrogens is 226 g/mol. The molecule has 0 bridgehead atoms. The third-order valence-corrected chi connectivity index (χ3v) is 2.14. The summed E-state index contributed by atoms with van der Waals surface area (Å²) in [5, 5.41) is 28.8. The van der Waals surface area contributed by atoms with Gasteiger partial charge in [0, 0.05) is 6.07 Å². The molecule has 0 aliphatic heterocycles. The van der Waals surface area contributed by atoms with Crippen LogP contribution in [0.3, 0.4) is 0 Å². The van der Waals surface area contributed by atoms with E-state index in [2.05, 4.69) is 0 Å². The lowest BCUT2D eigenvalue weighted by molar-refractivity contribution is -0.385. The molecule has 0 amide bonds. The normalized spacial score (nSPS) is 13.2. The number of hydrogen-bond acceptors (Lipinski definition) is 4. The number of rotatable bonds is 4. The average molecular weight is 237 g/mol. The summed E-state index contributed by atoms with van der Waals surface area (Å²) in [6.45, 7) is 1.29. The van der Waals surface area contributed by atoms with Crippen LogP contribution in [0, 0.1) is 10.1 Å². The molecule has 0 aromatic heterocycles. The molecule has 0 fully saturated rings. The van der Waals surface area contributed by atoms with Gasteiger partial charge in [-0.25, -0.2) is 4.79 Å². The third kappa shape index (κ3) is 3.12. The SMILES string of the molecule is CC(O)C(=Cc1ccccc1[N+](=O)[O-])C(=O)O. The monoisotopic (exact) mass is 237 g/mol. The van der Waals surface area contributed by atoms with Crippen LogP contribution >= 0.6 is 0 Å². The van der Waals surface area contributed by atoms with Crippen molar-refractivity contribution in [1.82, 2.24) is 0 Å². The van der Waals surface area contributed by atoms with Crippen LogP contribution < -0.4 is 0 Å². The molecule has 90 valence electrons. The highest BCUT2D eigenvalue weighted by molar-refractivity contribution is 5.93. The van der Waals surface area contributed by atoms with E-state index in [1.807, 2.05) is 0 Å². The molecule has 1 unspecified atom stereocenters. The van der Waals surface area contributed by atoms with Gasteiger partial charge in [-0.2, -0.15) is 0 Å². The van der Waals surface area contributed by atoms with E-state index in [9.17, 15) is 20.0 Å². The number of aliphatic carboxylic acids is 1. The zero-order valence-electron chi connectivity index (χ0n) is 9.03. The lowest BCUT2D eigenvalue weighted by atomic mass is 10.1. The number of carboxylic acids is 1. The van der Waals surface area contributed by atoms with Gasteiger partial charge in [-0.1, -0.05) is 12.1 Å². The quantitative estimate of drug-likeness (QED) is 0.468. The van der Waals surface area contributed by atoms with Gasteiger partial charge in [0.05, 0.1) is 22.2 Å². The fraction of sp³-hybridized carbons (Fsp3) is 0.182. The third-order valence-electron chi connectivity index (χ3n) is 2.14. The number of hydrogen-bond donors (Lipinski definition) is 2. The number of aliphatic hydroxyl groups excluding tert-OH is 1. The van der Waals surface area contributed by atoms with E-state index in [4.69, 9.17) is 5.11 Å². The molecule has 1 aromatic rings. The van der Waals surface area contributed by atoms with E-state index in [1.54, 1.807) is 6.07 Å². The topological polar surface area (TPSA) is 101 Å². The Kier molecular flexibility index (Phi) is 3.95. The summed E-state index contributed by atoms with van der Waals surface area (Å²) in [5.41, 5.74) is -0.345. The summed E-state index contributed by atoms with van der Waals surface area (Å²) in [6, 6.07) is 5.73. The Bertz CT molecular complexity index is 479. The van der Waals surface area contributed by atoms with E-state index in [-0.39, 0.29) is 16.8 Å². The van der Waals surface area contributed by atoms with Crippen LogP contribution in [0.25, 0.3) is 6.08 Å². The number of nitro benzene ring substituents is 1. The van der Waals surface area contributed by atoms with Crippen molar-refractivity contribution < 1.29 is 19.9 Å². The number of carbonyl (C=O) groups is 1. The van der Waals surface area contributed by atoms with E-state index < -0.39 is 17.0 Å². The van der Waals surface area contributed by atoms with Crippen LogP contribution in [0.15, 0.2) is 29.8 Å². The minimum absolute atomic E-state index is 0.149. The summed E-state index contributed by atoms with van der Waals surface area (Å²) >= 11 is 0. The first-order chi connectivity index (χ1) is 7.93. The van der Waals surface area contributed by atoms with Gasteiger partial charge in [-0.15, -0.1) is 0 Å².